The lowest BCUT2D eigenvalue weighted by molar-refractivity contribution is -0.273. The Balaban J connectivity index is 1.39. The highest BCUT2D eigenvalue weighted by molar-refractivity contribution is 5.63. The van der Waals surface area contributed by atoms with E-state index in [0.717, 1.165) is 37.4 Å². The van der Waals surface area contributed by atoms with Gasteiger partial charge in [0.2, 0.25) is 0 Å². The Labute approximate surface area is 198 Å². The third-order valence-corrected chi connectivity index (χ3v) is 12.6. The van der Waals surface area contributed by atoms with E-state index in [2.05, 4.69) is 38.7 Å². The van der Waals surface area contributed by atoms with Crippen molar-refractivity contribution in [2.75, 3.05) is 13.1 Å². The maximum absolute atomic E-state index is 11.0. The second-order valence-electron chi connectivity index (χ2n) is 13.6. The molecule has 0 amide bonds. The van der Waals surface area contributed by atoms with Crippen molar-refractivity contribution in [3.05, 3.63) is 23.3 Å². The minimum atomic E-state index is -0.237. The van der Waals surface area contributed by atoms with E-state index in [9.17, 15) is 5.11 Å². The van der Waals surface area contributed by atoms with Gasteiger partial charge in [0, 0.05) is 34.9 Å². The van der Waals surface area contributed by atoms with Gasteiger partial charge in [0.15, 0.2) is 11.5 Å². The summed E-state index contributed by atoms with van der Waals surface area (Å²) in [7, 11) is 0. The molecule has 4 saturated carbocycles. The Hall–Kier alpha value is -1.26. The van der Waals surface area contributed by atoms with Crippen molar-refractivity contribution in [2.24, 2.45) is 22.7 Å². The number of hydrogen-bond acceptors (Lipinski definition) is 4. The van der Waals surface area contributed by atoms with Crippen LogP contribution in [-0.2, 0) is 16.6 Å². The molecule has 33 heavy (non-hydrogen) atoms. The van der Waals surface area contributed by atoms with E-state index in [4.69, 9.17) is 9.47 Å². The van der Waals surface area contributed by atoms with E-state index in [-0.39, 0.29) is 33.6 Å². The van der Waals surface area contributed by atoms with Gasteiger partial charge < -0.3 is 14.6 Å². The molecule has 3 heterocycles. The summed E-state index contributed by atoms with van der Waals surface area (Å²) in [4.78, 5) is 2.91. The highest BCUT2D eigenvalue weighted by Gasteiger charge is 2.85. The number of piperidine rings is 1. The molecular formula is C29H39NO3. The lowest BCUT2D eigenvalue weighted by Gasteiger charge is -2.73. The number of aromatic hydroxyl groups is 1. The van der Waals surface area contributed by atoms with Crippen LogP contribution in [-0.4, -0.2) is 46.4 Å². The number of benzene rings is 1. The molecule has 5 aliphatic carbocycles. The summed E-state index contributed by atoms with van der Waals surface area (Å²) < 4.78 is 14.4. The molecule has 1 aromatic rings. The van der Waals surface area contributed by atoms with E-state index in [0.29, 0.717) is 17.7 Å². The van der Waals surface area contributed by atoms with E-state index in [1.54, 1.807) is 0 Å². The molecule has 7 atom stereocenters. The number of fused-ring (bicyclic) bond motifs is 1. The second kappa shape index (κ2) is 5.59. The Kier molecular flexibility index (Phi) is 3.39. The van der Waals surface area contributed by atoms with Crippen LogP contribution in [0.3, 0.4) is 0 Å². The van der Waals surface area contributed by atoms with E-state index in [1.165, 1.54) is 49.9 Å². The van der Waals surface area contributed by atoms with Crippen LogP contribution >= 0.6 is 0 Å². The van der Waals surface area contributed by atoms with Crippen LogP contribution in [0, 0.1) is 22.7 Å². The fourth-order valence-corrected chi connectivity index (χ4v) is 10.5. The average Bonchev–Trinajstić information content (AvgIpc) is 3.50. The third kappa shape index (κ3) is 1.90. The Bertz CT molecular complexity index is 1080. The van der Waals surface area contributed by atoms with Crippen molar-refractivity contribution in [3.63, 3.8) is 0 Å². The van der Waals surface area contributed by atoms with Gasteiger partial charge in [-0.2, -0.15) is 0 Å². The van der Waals surface area contributed by atoms with E-state index >= 15 is 0 Å². The average molecular weight is 450 g/mol. The molecule has 4 bridgehead atoms. The highest BCUT2D eigenvalue weighted by Crippen LogP contribution is 2.81. The van der Waals surface area contributed by atoms with Crippen molar-refractivity contribution in [2.45, 2.75) is 108 Å². The van der Waals surface area contributed by atoms with E-state index < -0.39 is 0 Å². The van der Waals surface area contributed by atoms with Gasteiger partial charge in [-0.15, -0.1) is 0 Å². The van der Waals surface area contributed by atoms with Gasteiger partial charge in [0.1, 0.15) is 11.7 Å². The van der Waals surface area contributed by atoms with Crippen LogP contribution in [0.15, 0.2) is 12.1 Å². The van der Waals surface area contributed by atoms with Gasteiger partial charge in [-0.1, -0.05) is 26.8 Å². The van der Waals surface area contributed by atoms with Crippen LogP contribution in [0.2, 0.25) is 0 Å². The Morgan fingerprint density at radius 2 is 1.94 bits per heavy atom. The molecule has 3 aliphatic heterocycles. The smallest absolute Gasteiger partial charge is 0.165 e. The van der Waals surface area contributed by atoms with E-state index in [1.807, 2.05) is 6.07 Å². The molecule has 3 spiro atoms. The molecular weight excluding hydrogens is 410 g/mol. The molecule has 2 unspecified atom stereocenters. The summed E-state index contributed by atoms with van der Waals surface area (Å²) >= 11 is 0. The molecule has 6 fully saturated rings. The summed E-state index contributed by atoms with van der Waals surface area (Å²) in [6.45, 7) is 12.1. The number of phenolic OH excluding ortho intramolecular Hbond substituents is 1. The van der Waals surface area contributed by atoms with Crippen LogP contribution < -0.4 is 4.74 Å². The maximum atomic E-state index is 11.0. The Morgan fingerprint density at radius 3 is 2.70 bits per heavy atom. The van der Waals surface area contributed by atoms with Crippen molar-refractivity contribution >= 4 is 0 Å². The molecule has 4 nitrogen and oxygen atoms in total. The molecule has 0 radical (unpaired) electrons. The summed E-state index contributed by atoms with van der Waals surface area (Å²) in [5.74, 6) is 2.57. The van der Waals surface area contributed by atoms with Gasteiger partial charge >= 0.3 is 0 Å². The number of hydrogen-bond donors (Lipinski definition) is 1. The lowest BCUT2D eigenvalue weighted by Crippen LogP contribution is -2.80. The third-order valence-electron chi connectivity index (χ3n) is 12.6. The summed E-state index contributed by atoms with van der Waals surface area (Å²) in [5, 5.41) is 11.0. The zero-order chi connectivity index (χ0) is 22.6. The molecule has 4 heteroatoms. The minimum absolute atomic E-state index is 0.00317. The highest BCUT2D eigenvalue weighted by atomic mass is 16.6. The number of nitrogens with zero attached hydrogens (tertiary/aromatic N) is 1. The topological polar surface area (TPSA) is 41.9 Å². The molecule has 1 N–H and O–H groups in total. The van der Waals surface area contributed by atoms with Gasteiger partial charge in [0.25, 0.3) is 0 Å². The fraction of sp³-hybridized carbons (Fsp3) is 0.793. The monoisotopic (exact) mass is 449 g/mol. The SMILES string of the molecule is CCC1(C)OC23CC[C@@]4(C[C@@H]2C1(C)C)[C@H]1Cc2ccc(O)c5c2[C@@]4(CCN1CC1CC1)[C@H]3O5. The van der Waals surface area contributed by atoms with Gasteiger partial charge in [-0.05, 0) is 87.8 Å². The van der Waals surface area contributed by atoms with Crippen molar-refractivity contribution < 1.29 is 14.6 Å². The first-order chi connectivity index (χ1) is 15.7. The predicted octanol–water partition coefficient (Wildman–Crippen LogP) is 5.20. The molecule has 8 aliphatic rings. The molecule has 0 aromatic heterocycles. The zero-order valence-corrected chi connectivity index (χ0v) is 20.7. The van der Waals surface area contributed by atoms with Gasteiger partial charge in [-0.25, -0.2) is 0 Å². The standard InChI is InChI=1S/C29H39NO3/c1-5-26(4)25(2,3)20-15-27-10-11-29(20,33-26)24-28(27)12-13-30(16-17-6-7-17)21(27)14-18-8-9-19(31)23(32-24)22(18)28/h8-9,17,20-21,24,31H,5-7,10-16H2,1-4H3/t20-,21-,24-,26?,27-,28+,29?/m1/s1. The van der Waals surface area contributed by atoms with Crippen molar-refractivity contribution in [1.29, 1.82) is 0 Å². The van der Waals surface area contributed by atoms with Crippen molar-refractivity contribution in [1.82, 2.24) is 4.90 Å². The summed E-state index contributed by atoms with van der Waals surface area (Å²) in [6, 6.07) is 4.71. The van der Waals surface area contributed by atoms with Crippen LogP contribution in [0.4, 0.5) is 0 Å². The number of rotatable bonds is 3. The van der Waals surface area contributed by atoms with Gasteiger partial charge in [-0.3, -0.25) is 4.90 Å². The van der Waals surface area contributed by atoms with Crippen LogP contribution in [0.1, 0.15) is 83.8 Å². The molecule has 9 rings (SSSR count). The summed E-state index contributed by atoms with van der Waals surface area (Å²) in [6.07, 6.45) is 9.82. The second-order valence-corrected chi connectivity index (χ2v) is 13.6. The predicted molar refractivity (Wildman–Crippen MR) is 127 cm³/mol. The van der Waals surface area contributed by atoms with Crippen LogP contribution in [0.5, 0.6) is 11.5 Å². The molecule has 2 saturated heterocycles. The molecule has 178 valence electrons. The first-order valence-electron chi connectivity index (χ1n) is 13.7. The zero-order valence-electron chi connectivity index (χ0n) is 20.7. The quantitative estimate of drug-likeness (QED) is 0.689. The normalized spacial score (nSPS) is 50.1. The van der Waals surface area contributed by atoms with Crippen LogP contribution in [0.25, 0.3) is 0 Å². The first-order valence-corrected chi connectivity index (χ1v) is 13.7. The number of phenols is 1. The van der Waals surface area contributed by atoms with Crippen molar-refractivity contribution in [3.8, 4) is 11.5 Å². The number of likely N-dealkylation sites (tertiary alicyclic amines) is 1. The lowest BCUT2D eigenvalue weighted by atomic mass is 9.33. The maximum Gasteiger partial charge on any atom is 0.165 e. The first kappa shape index (κ1) is 20.0. The molecule has 1 aromatic carbocycles. The Morgan fingerprint density at radius 1 is 1.12 bits per heavy atom. The fourth-order valence-electron chi connectivity index (χ4n) is 10.5. The number of ether oxygens (including phenoxy) is 2. The minimum Gasteiger partial charge on any atom is -0.504 e. The largest absolute Gasteiger partial charge is 0.504 e. The summed E-state index contributed by atoms with van der Waals surface area (Å²) in [5.41, 5.74) is 2.80. The van der Waals surface area contributed by atoms with Gasteiger partial charge in [0.05, 0.1) is 5.60 Å².